The van der Waals surface area contributed by atoms with Crippen molar-refractivity contribution >= 4 is 28.8 Å². The van der Waals surface area contributed by atoms with Gasteiger partial charge in [-0.15, -0.1) is 11.3 Å². The van der Waals surface area contributed by atoms with E-state index in [9.17, 15) is 4.79 Å². The Bertz CT molecular complexity index is 753. The van der Waals surface area contributed by atoms with E-state index in [-0.39, 0.29) is 5.91 Å². The lowest BCUT2D eigenvalue weighted by Gasteiger charge is -2.14. The van der Waals surface area contributed by atoms with Gasteiger partial charge in [0.1, 0.15) is 9.88 Å². The van der Waals surface area contributed by atoms with E-state index in [4.69, 9.17) is 11.6 Å². The van der Waals surface area contributed by atoms with Crippen LogP contribution in [-0.2, 0) is 0 Å². The Balaban J connectivity index is 1.61. The van der Waals surface area contributed by atoms with E-state index >= 15 is 0 Å². The van der Waals surface area contributed by atoms with Crippen LogP contribution in [-0.4, -0.2) is 42.0 Å². The summed E-state index contributed by atoms with van der Waals surface area (Å²) in [5.74, 6) is -0.0357. The number of aryl methyl sites for hydroxylation is 2. The van der Waals surface area contributed by atoms with Gasteiger partial charge in [0.2, 0.25) is 0 Å². The van der Waals surface area contributed by atoms with Crippen LogP contribution in [0.2, 0.25) is 5.02 Å². The SMILES string of the molecule is Cc1ccc(Cl)c(-c2nc(C)c(C(=O)NCCCN3CCCC3)s2)c1. The van der Waals surface area contributed by atoms with E-state index in [1.165, 1.54) is 37.3 Å². The number of carbonyl (C=O) groups is 1. The summed E-state index contributed by atoms with van der Waals surface area (Å²) in [5, 5.41) is 4.49. The Morgan fingerprint density at radius 2 is 2.08 bits per heavy atom. The average Bonchev–Trinajstić information content (AvgIpc) is 3.23. The van der Waals surface area contributed by atoms with Crippen LogP contribution < -0.4 is 5.32 Å². The van der Waals surface area contributed by atoms with Crippen molar-refractivity contribution in [3.05, 3.63) is 39.4 Å². The number of rotatable bonds is 6. The van der Waals surface area contributed by atoms with Crippen LogP contribution in [0.25, 0.3) is 10.6 Å². The van der Waals surface area contributed by atoms with Crippen LogP contribution in [0.3, 0.4) is 0 Å². The lowest BCUT2D eigenvalue weighted by atomic mass is 10.1. The van der Waals surface area contributed by atoms with Gasteiger partial charge in [-0.3, -0.25) is 4.79 Å². The summed E-state index contributed by atoms with van der Waals surface area (Å²) >= 11 is 7.71. The number of hydrogen-bond acceptors (Lipinski definition) is 4. The van der Waals surface area contributed by atoms with E-state index < -0.39 is 0 Å². The molecule has 25 heavy (non-hydrogen) atoms. The number of likely N-dealkylation sites (tertiary alicyclic amines) is 1. The highest BCUT2D eigenvalue weighted by molar-refractivity contribution is 7.17. The van der Waals surface area contributed by atoms with Gasteiger partial charge in [0.25, 0.3) is 5.91 Å². The zero-order valence-corrected chi connectivity index (χ0v) is 16.3. The molecule has 1 amide bonds. The summed E-state index contributed by atoms with van der Waals surface area (Å²) in [7, 11) is 0. The highest BCUT2D eigenvalue weighted by atomic mass is 35.5. The largest absolute Gasteiger partial charge is 0.351 e. The van der Waals surface area contributed by atoms with Crippen molar-refractivity contribution in [1.29, 1.82) is 0 Å². The van der Waals surface area contributed by atoms with Crippen LogP contribution in [0.5, 0.6) is 0 Å². The molecule has 0 radical (unpaired) electrons. The summed E-state index contributed by atoms with van der Waals surface area (Å²) in [5.41, 5.74) is 2.78. The second-order valence-electron chi connectivity index (χ2n) is 6.58. The van der Waals surface area contributed by atoms with E-state index in [1.807, 2.05) is 32.0 Å². The van der Waals surface area contributed by atoms with Crippen LogP contribution in [0, 0.1) is 13.8 Å². The van der Waals surface area contributed by atoms with Gasteiger partial charge >= 0.3 is 0 Å². The molecular formula is C19H24ClN3OS. The smallest absolute Gasteiger partial charge is 0.263 e. The molecule has 0 spiro atoms. The van der Waals surface area contributed by atoms with Crippen LogP contribution in [0.1, 0.15) is 40.2 Å². The van der Waals surface area contributed by atoms with Gasteiger partial charge < -0.3 is 10.2 Å². The maximum atomic E-state index is 12.5. The fourth-order valence-electron chi connectivity index (χ4n) is 3.12. The summed E-state index contributed by atoms with van der Waals surface area (Å²) in [6.07, 6.45) is 3.59. The monoisotopic (exact) mass is 377 g/mol. The average molecular weight is 378 g/mol. The highest BCUT2D eigenvalue weighted by Gasteiger charge is 2.18. The molecule has 1 aromatic heterocycles. The van der Waals surface area contributed by atoms with Gasteiger partial charge in [0.15, 0.2) is 0 Å². The van der Waals surface area contributed by atoms with Gasteiger partial charge in [0, 0.05) is 12.1 Å². The Morgan fingerprint density at radius 3 is 2.84 bits per heavy atom. The van der Waals surface area contributed by atoms with Crippen LogP contribution >= 0.6 is 22.9 Å². The molecule has 134 valence electrons. The van der Waals surface area contributed by atoms with Crippen molar-refractivity contribution in [3.63, 3.8) is 0 Å². The molecule has 0 bridgehead atoms. The van der Waals surface area contributed by atoms with E-state index in [0.29, 0.717) is 16.4 Å². The van der Waals surface area contributed by atoms with Crippen molar-refractivity contribution in [3.8, 4) is 10.6 Å². The third kappa shape index (κ3) is 4.60. The maximum Gasteiger partial charge on any atom is 0.263 e. The predicted octanol–water partition coefficient (Wildman–Crippen LogP) is 4.30. The molecule has 2 heterocycles. The third-order valence-corrected chi connectivity index (χ3v) is 6.01. The lowest BCUT2D eigenvalue weighted by Crippen LogP contribution is -2.28. The lowest BCUT2D eigenvalue weighted by molar-refractivity contribution is 0.0955. The Kier molecular flexibility index (Phi) is 6.10. The summed E-state index contributed by atoms with van der Waals surface area (Å²) in [4.78, 5) is 20.2. The molecule has 3 rings (SSSR count). The molecule has 1 saturated heterocycles. The Labute approximate surface area is 158 Å². The van der Waals surface area contributed by atoms with Crippen molar-refractivity contribution < 1.29 is 4.79 Å². The van der Waals surface area contributed by atoms with E-state index in [0.717, 1.165) is 34.8 Å². The third-order valence-electron chi connectivity index (χ3n) is 4.49. The van der Waals surface area contributed by atoms with Crippen molar-refractivity contribution in [2.45, 2.75) is 33.1 Å². The minimum Gasteiger partial charge on any atom is -0.351 e. The Hall–Kier alpha value is -1.43. The van der Waals surface area contributed by atoms with Crippen molar-refractivity contribution in [2.75, 3.05) is 26.2 Å². The van der Waals surface area contributed by atoms with Gasteiger partial charge in [-0.05, 0) is 64.9 Å². The normalized spacial score (nSPS) is 14.8. The number of thiazole rings is 1. The number of carbonyl (C=O) groups excluding carboxylic acids is 1. The van der Waals surface area contributed by atoms with E-state index in [1.54, 1.807) is 0 Å². The first-order valence-corrected chi connectivity index (χ1v) is 9.98. The summed E-state index contributed by atoms with van der Waals surface area (Å²) in [6, 6.07) is 5.86. The first-order valence-electron chi connectivity index (χ1n) is 8.79. The summed E-state index contributed by atoms with van der Waals surface area (Å²) in [6.45, 7) is 8.06. The molecule has 2 aromatic rings. The number of amides is 1. The second kappa shape index (κ2) is 8.30. The fraction of sp³-hybridized carbons (Fsp3) is 0.474. The molecule has 4 nitrogen and oxygen atoms in total. The van der Waals surface area contributed by atoms with Gasteiger partial charge in [-0.1, -0.05) is 23.2 Å². The predicted molar refractivity (Wildman–Crippen MR) is 105 cm³/mol. The first kappa shape index (κ1) is 18.4. The molecular weight excluding hydrogens is 354 g/mol. The quantitative estimate of drug-likeness (QED) is 0.763. The van der Waals surface area contributed by atoms with E-state index in [2.05, 4.69) is 15.2 Å². The van der Waals surface area contributed by atoms with Crippen molar-refractivity contribution in [1.82, 2.24) is 15.2 Å². The van der Waals surface area contributed by atoms with Gasteiger partial charge in [-0.25, -0.2) is 4.98 Å². The zero-order chi connectivity index (χ0) is 17.8. The zero-order valence-electron chi connectivity index (χ0n) is 14.8. The molecule has 0 aliphatic carbocycles. The molecule has 6 heteroatoms. The number of nitrogens with one attached hydrogen (secondary N) is 1. The second-order valence-corrected chi connectivity index (χ2v) is 7.98. The first-order chi connectivity index (χ1) is 12.0. The Morgan fingerprint density at radius 1 is 1.32 bits per heavy atom. The topological polar surface area (TPSA) is 45.2 Å². The number of benzene rings is 1. The maximum absolute atomic E-state index is 12.5. The highest BCUT2D eigenvalue weighted by Crippen LogP contribution is 2.33. The number of hydrogen-bond donors (Lipinski definition) is 1. The number of nitrogens with zero attached hydrogens (tertiary/aromatic N) is 2. The molecule has 1 aliphatic rings. The molecule has 0 unspecified atom stereocenters. The standard InChI is InChI=1S/C19H24ClN3OS/c1-13-6-7-16(20)15(12-13)19-22-14(2)17(25-19)18(24)21-8-5-11-23-9-3-4-10-23/h6-7,12H,3-5,8-11H2,1-2H3,(H,21,24). The number of aromatic nitrogens is 1. The number of halogens is 1. The molecule has 0 saturated carbocycles. The van der Waals surface area contributed by atoms with Crippen molar-refractivity contribution in [2.24, 2.45) is 0 Å². The molecule has 1 aromatic carbocycles. The van der Waals surface area contributed by atoms with Crippen LogP contribution in [0.4, 0.5) is 0 Å². The molecule has 1 N–H and O–H groups in total. The van der Waals surface area contributed by atoms with Gasteiger partial charge in [0.05, 0.1) is 10.7 Å². The van der Waals surface area contributed by atoms with Gasteiger partial charge in [-0.2, -0.15) is 0 Å². The molecule has 1 fully saturated rings. The minimum absolute atomic E-state index is 0.0357. The molecule has 1 aliphatic heterocycles. The minimum atomic E-state index is -0.0357. The molecule has 0 atom stereocenters. The fourth-order valence-corrected chi connectivity index (χ4v) is 4.39. The van der Waals surface area contributed by atoms with Crippen LogP contribution in [0.15, 0.2) is 18.2 Å². The summed E-state index contributed by atoms with van der Waals surface area (Å²) < 4.78 is 0.